The Hall–Kier alpha value is -0.0300. The summed E-state index contributed by atoms with van der Waals surface area (Å²) in [5.74, 6) is -0.797. The van der Waals surface area contributed by atoms with Gasteiger partial charge in [0.05, 0.1) is 5.41 Å². The van der Waals surface area contributed by atoms with Gasteiger partial charge in [-0.3, -0.25) is 4.79 Å². The molecule has 78 valence electrons. The quantitative estimate of drug-likeness (QED) is 0.431. The molecule has 0 bridgehead atoms. The highest BCUT2D eigenvalue weighted by molar-refractivity contribution is 8.54. The maximum atomic E-state index is 11.1. The number of esters is 1. The molecule has 0 aromatic rings. The average molecular weight is 228 g/mol. The van der Waals surface area contributed by atoms with Gasteiger partial charge in [0.1, 0.15) is 5.94 Å². The van der Waals surface area contributed by atoms with E-state index in [2.05, 4.69) is 4.74 Å². The monoisotopic (exact) mass is 228 g/mol. The molecule has 0 aliphatic carbocycles. The van der Waals surface area contributed by atoms with Crippen LogP contribution in [0, 0.1) is 5.41 Å². The molecule has 0 aromatic heterocycles. The van der Waals surface area contributed by atoms with Gasteiger partial charge >= 0.3 is 12.8 Å². The average Bonchev–Trinajstić information content (AvgIpc) is 1.82. The van der Waals surface area contributed by atoms with E-state index in [1.54, 1.807) is 20.8 Å². The fourth-order valence-electron chi connectivity index (χ4n) is 0.365. The van der Waals surface area contributed by atoms with Crippen molar-refractivity contribution in [1.29, 1.82) is 0 Å². The molecule has 5 nitrogen and oxygen atoms in total. The zero-order valence-electron chi connectivity index (χ0n) is 7.68. The summed E-state index contributed by atoms with van der Waals surface area (Å²) in [5, 5.41) is 0. The molecule has 0 amide bonds. The third-order valence-electron chi connectivity index (χ3n) is 1.02. The maximum absolute atomic E-state index is 11.1. The van der Waals surface area contributed by atoms with E-state index in [-0.39, 0.29) is 5.94 Å². The summed E-state index contributed by atoms with van der Waals surface area (Å²) in [7, 11) is 0. The molecular formula is C6H13O5PS. The van der Waals surface area contributed by atoms with Crippen molar-refractivity contribution in [2.24, 2.45) is 5.41 Å². The number of hydrogen-bond donors (Lipinski definition) is 2. The standard InChI is InChI=1S/C6H13O5PS/c1-6(2,3)5(7)11-4-13-12(8,9)10/h4H2,1-3H3,(H2,8,9,10). The first-order chi connectivity index (χ1) is 5.63. The van der Waals surface area contributed by atoms with E-state index in [0.29, 0.717) is 11.4 Å². The predicted octanol–water partition coefficient (Wildman–Crippen LogP) is 1.36. The van der Waals surface area contributed by atoms with E-state index in [1.165, 1.54) is 0 Å². The summed E-state index contributed by atoms with van der Waals surface area (Å²) in [5.41, 5.74) is -0.643. The van der Waals surface area contributed by atoms with Gasteiger partial charge < -0.3 is 14.5 Å². The second-order valence-electron chi connectivity index (χ2n) is 3.42. The van der Waals surface area contributed by atoms with Gasteiger partial charge in [0.25, 0.3) is 0 Å². The number of rotatable bonds is 3. The first-order valence-corrected chi connectivity index (χ1v) is 6.70. The molecule has 0 saturated heterocycles. The van der Waals surface area contributed by atoms with Crippen LogP contribution >= 0.6 is 18.2 Å². The lowest BCUT2D eigenvalue weighted by Crippen LogP contribution is -2.22. The van der Waals surface area contributed by atoms with Crippen molar-refractivity contribution in [2.45, 2.75) is 20.8 Å². The Balaban J connectivity index is 3.80. The van der Waals surface area contributed by atoms with Crippen LogP contribution in [0.1, 0.15) is 20.8 Å². The van der Waals surface area contributed by atoms with Crippen LogP contribution in [-0.4, -0.2) is 21.7 Å². The predicted molar refractivity (Wildman–Crippen MR) is 50.0 cm³/mol. The van der Waals surface area contributed by atoms with Gasteiger partial charge in [0, 0.05) is 11.4 Å². The summed E-state index contributed by atoms with van der Waals surface area (Å²) in [6.07, 6.45) is 0. The van der Waals surface area contributed by atoms with E-state index in [9.17, 15) is 9.36 Å². The zero-order valence-corrected chi connectivity index (χ0v) is 9.39. The van der Waals surface area contributed by atoms with E-state index < -0.39 is 18.2 Å². The second kappa shape index (κ2) is 4.46. The lowest BCUT2D eigenvalue weighted by Gasteiger charge is -2.16. The molecule has 0 fully saturated rings. The molecule has 0 radical (unpaired) electrons. The number of carbonyl (C=O) groups excluding carboxylic acids is 1. The molecule has 0 rings (SSSR count). The topological polar surface area (TPSA) is 83.8 Å². The van der Waals surface area contributed by atoms with Crippen LogP contribution < -0.4 is 0 Å². The molecule has 7 heteroatoms. The Bertz CT molecular complexity index is 228. The van der Waals surface area contributed by atoms with Crippen LogP contribution in [0.15, 0.2) is 0 Å². The van der Waals surface area contributed by atoms with Crippen molar-refractivity contribution in [2.75, 3.05) is 5.94 Å². The molecule has 0 aromatic carbocycles. The summed E-state index contributed by atoms with van der Waals surface area (Å²) in [6, 6.07) is 0. The highest BCUT2D eigenvalue weighted by atomic mass is 32.7. The van der Waals surface area contributed by atoms with Crippen molar-refractivity contribution >= 4 is 24.1 Å². The molecule has 0 saturated carbocycles. The minimum Gasteiger partial charge on any atom is -0.454 e. The molecule has 0 aliphatic heterocycles. The molecule has 0 spiro atoms. The van der Waals surface area contributed by atoms with E-state index in [0.717, 1.165) is 0 Å². The number of carbonyl (C=O) groups is 1. The molecule has 0 atom stereocenters. The fraction of sp³-hybridized carbons (Fsp3) is 0.833. The molecule has 2 N–H and O–H groups in total. The summed E-state index contributed by atoms with van der Waals surface area (Å²) >= 11 is 0.302. The van der Waals surface area contributed by atoms with Crippen molar-refractivity contribution in [1.82, 2.24) is 0 Å². The SMILES string of the molecule is CC(C)(C)C(=O)OCSP(=O)(O)O. The smallest absolute Gasteiger partial charge is 0.387 e. The largest absolute Gasteiger partial charge is 0.454 e. The number of ether oxygens (including phenoxy) is 1. The Morgan fingerprint density at radius 1 is 1.46 bits per heavy atom. The highest BCUT2D eigenvalue weighted by Crippen LogP contribution is 2.50. The van der Waals surface area contributed by atoms with Crippen LogP contribution in [0.3, 0.4) is 0 Å². The van der Waals surface area contributed by atoms with Gasteiger partial charge in [-0.25, -0.2) is 4.57 Å². The molecule has 0 aliphatic rings. The maximum Gasteiger partial charge on any atom is 0.387 e. The van der Waals surface area contributed by atoms with Crippen LogP contribution in [0.5, 0.6) is 0 Å². The van der Waals surface area contributed by atoms with E-state index in [1.807, 2.05) is 0 Å². The minimum absolute atomic E-state index is 0.302. The molecular weight excluding hydrogens is 215 g/mol. The fourth-order valence-corrected chi connectivity index (χ4v) is 1.23. The van der Waals surface area contributed by atoms with Gasteiger partial charge in [-0.15, -0.1) is 0 Å². The van der Waals surface area contributed by atoms with Crippen LogP contribution in [0.25, 0.3) is 0 Å². The lowest BCUT2D eigenvalue weighted by molar-refractivity contribution is -0.150. The van der Waals surface area contributed by atoms with E-state index in [4.69, 9.17) is 9.79 Å². The van der Waals surface area contributed by atoms with Crippen LogP contribution in [-0.2, 0) is 14.1 Å². The highest BCUT2D eigenvalue weighted by Gasteiger charge is 2.24. The first-order valence-electron chi connectivity index (χ1n) is 3.50. The Labute approximate surface area is 80.8 Å². The molecule has 13 heavy (non-hydrogen) atoms. The summed E-state index contributed by atoms with van der Waals surface area (Å²) in [6.45, 7) is 0.858. The summed E-state index contributed by atoms with van der Waals surface area (Å²) < 4.78 is 14.9. The Kier molecular flexibility index (Phi) is 4.45. The summed E-state index contributed by atoms with van der Waals surface area (Å²) in [4.78, 5) is 27.9. The van der Waals surface area contributed by atoms with Crippen LogP contribution in [0.4, 0.5) is 0 Å². The Morgan fingerprint density at radius 3 is 2.23 bits per heavy atom. The first kappa shape index (κ1) is 13.0. The van der Waals surface area contributed by atoms with Gasteiger partial charge in [0.15, 0.2) is 0 Å². The van der Waals surface area contributed by atoms with Gasteiger partial charge in [0.2, 0.25) is 0 Å². The van der Waals surface area contributed by atoms with Crippen molar-refractivity contribution in [3.63, 3.8) is 0 Å². The Morgan fingerprint density at radius 2 is 1.92 bits per heavy atom. The van der Waals surface area contributed by atoms with Gasteiger partial charge in [-0.1, -0.05) is 0 Å². The van der Waals surface area contributed by atoms with Crippen LogP contribution in [0.2, 0.25) is 0 Å². The minimum atomic E-state index is -4.13. The second-order valence-corrected chi connectivity index (χ2v) is 7.10. The van der Waals surface area contributed by atoms with E-state index >= 15 is 0 Å². The zero-order chi connectivity index (χ0) is 10.7. The molecule has 0 unspecified atom stereocenters. The third-order valence-corrected chi connectivity index (χ3v) is 2.91. The lowest BCUT2D eigenvalue weighted by atomic mass is 9.98. The molecule has 0 heterocycles. The van der Waals surface area contributed by atoms with Crippen molar-refractivity contribution in [3.8, 4) is 0 Å². The third kappa shape index (κ3) is 7.07. The van der Waals surface area contributed by atoms with Crippen molar-refractivity contribution < 1.29 is 23.9 Å². The van der Waals surface area contributed by atoms with Gasteiger partial charge in [-0.05, 0) is 20.8 Å². The normalized spacial score (nSPS) is 12.7. The van der Waals surface area contributed by atoms with Crippen molar-refractivity contribution in [3.05, 3.63) is 0 Å². The number of hydrogen-bond acceptors (Lipinski definition) is 4. The van der Waals surface area contributed by atoms with Gasteiger partial charge in [-0.2, -0.15) is 0 Å².